The standard InChI is InChI=1S/C18H19FO2/c1-18(2,3)13-7-6-8-14(11-13)21-12-17(20)15-9-4-5-10-16(15)19/h4-11H,12H2,1-3H3. The largest absolute Gasteiger partial charge is 0.485 e. The van der Waals surface area contributed by atoms with E-state index in [1.165, 1.54) is 12.1 Å². The number of hydrogen-bond donors (Lipinski definition) is 0. The molecule has 21 heavy (non-hydrogen) atoms. The van der Waals surface area contributed by atoms with Crippen LogP contribution in [0.5, 0.6) is 5.75 Å². The minimum atomic E-state index is -0.519. The zero-order chi connectivity index (χ0) is 15.5. The van der Waals surface area contributed by atoms with Gasteiger partial charge in [0.05, 0.1) is 5.56 Å². The minimum Gasteiger partial charge on any atom is -0.485 e. The highest BCUT2D eigenvalue weighted by Crippen LogP contribution is 2.25. The Kier molecular flexibility index (Phi) is 4.41. The molecule has 0 saturated carbocycles. The zero-order valence-corrected chi connectivity index (χ0v) is 12.5. The topological polar surface area (TPSA) is 26.3 Å². The molecule has 0 N–H and O–H groups in total. The summed E-state index contributed by atoms with van der Waals surface area (Å²) in [5.74, 6) is -0.268. The van der Waals surface area contributed by atoms with E-state index in [4.69, 9.17) is 4.74 Å². The molecule has 0 atom stereocenters. The van der Waals surface area contributed by atoms with Gasteiger partial charge in [-0.2, -0.15) is 0 Å². The highest BCUT2D eigenvalue weighted by Gasteiger charge is 2.15. The smallest absolute Gasteiger partial charge is 0.203 e. The van der Waals surface area contributed by atoms with Crippen LogP contribution in [-0.2, 0) is 5.41 Å². The monoisotopic (exact) mass is 286 g/mol. The molecule has 2 aromatic carbocycles. The van der Waals surface area contributed by atoms with Crippen molar-refractivity contribution in [1.29, 1.82) is 0 Å². The average molecular weight is 286 g/mol. The summed E-state index contributed by atoms with van der Waals surface area (Å²) in [7, 11) is 0. The first-order chi connectivity index (χ1) is 9.88. The third-order valence-corrected chi connectivity index (χ3v) is 3.24. The van der Waals surface area contributed by atoms with Crippen molar-refractivity contribution < 1.29 is 13.9 Å². The molecule has 0 aliphatic rings. The van der Waals surface area contributed by atoms with Gasteiger partial charge in [-0.25, -0.2) is 4.39 Å². The fourth-order valence-electron chi connectivity index (χ4n) is 1.97. The molecule has 0 radical (unpaired) electrons. The summed E-state index contributed by atoms with van der Waals surface area (Å²) in [5.41, 5.74) is 1.19. The van der Waals surface area contributed by atoms with Crippen LogP contribution < -0.4 is 4.74 Å². The van der Waals surface area contributed by atoms with E-state index in [1.54, 1.807) is 18.2 Å². The molecular weight excluding hydrogens is 267 g/mol. The maximum atomic E-state index is 13.5. The molecule has 0 aliphatic carbocycles. The number of ether oxygens (including phenoxy) is 1. The Morgan fingerprint density at radius 1 is 1.10 bits per heavy atom. The second-order valence-corrected chi connectivity index (χ2v) is 5.97. The van der Waals surface area contributed by atoms with Crippen LogP contribution in [-0.4, -0.2) is 12.4 Å². The molecule has 2 rings (SSSR count). The Bertz CT molecular complexity index is 642. The zero-order valence-electron chi connectivity index (χ0n) is 12.5. The molecule has 0 aromatic heterocycles. The van der Waals surface area contributed by atoms with Gasteiger partial charge in [0, 0.05) is 0 Å². The van der Waals surface area contributed by atoms with Crippen molar-refractivity contribution in [2.75, 3.05) is 6.61 Å². The van der Waals surface area contributed by atoms with Crippen LogP contribution in [0.3, 0.4) is 0 Å². The lowest BCUT2D eigenvalue weighted by molar-refractivity contribution is 0.0917. The number of halogens is 1. The summed E-state index contributed by atoms with van der Waals surface area (Å²) >= 11 is 0. The van der Waals surface area contributed by atoms with Gasteiger partial charge in [-0.05, 0) is 35.2 Å². The van der Waals surface area contributed by atoms with E-state index in [2.05, 4.69) is 20.8 Å². The van der Waals surface area contributed by atoms with E-state index in [0.717, 1.165) is 5.56 Å². The normalized spacial score (nSPS) is 11.2. The fourth-order valence-corrected chi connectivity index (χ4v) is 1.97. The highest BCUT2D eigenvalue weighted by atomic mass is 19.1. The number of rotatable bonds is 4. The van der Waals surface area contributed by atoms with E-state index >= 15 is 0 Å². The van der Waals surface area contributed by atoms with Crippen LogP contribution in [0.2, 0.25) is 0 Å². The summed E-state index contributed by atoms with van der Waals surface area (Å²) in [6, 6.07) is 13.5. The summed E-state index contributed by atoms with van der Waals surface area (Å²) in [6.45, 7) is 6.15. The fraction of sp³-hybridized carbons (Fsp3) is 0.278. The van der Waals surface area contributed by atoms with Crippen molar-refractivity contribution in [3.8, 4) is 5.75 Å². The van der Waals surface area contributed by atoms with E-state index < -0.39 is 5.82 Å². The van der Waals surface area contributed by atoms with Crippen LogP contribution in [0.25, 0.3) is 0 Å². The van der Waals surface area contributed by atoms with Gasteiger partial charge in [-0.15, -0.1) is 0 Å². The van der Waals surface area contributed by atoms with Gasteiger partial charge in [0.15, 0.2) is 6.61 Å². The molecule has 0 aliphatic heterocycles. The predicted octanol–water partition coefficient (Wildman–Crippen LogP) is 4.38. The minimum absolute atomic E-state index is 0.00885. The van der Waals surface area contributed by atoms with E-state index in [0.29, 0.717) is 5.75 Å². The van der Waals surface area contributed by atoms with Crippen LogP contribution in [0.1, 0.15) is 36.7 Å². The first-order valence-corrected chi connectivity index (χ1v) is 6.89. The number of ketones is 1. The lowest BCUT2D eigenvalue weighted by Gasteiger charge is -2.19. The molecule has 0 bridgehead atoms. The summed E-state index contributed by atoms with van der Waals surface area (Å²) in [6.07, 6.45) is 0. The Hall–Kier alpha value is -2.16. The van der Waals surface area contributed by atoms with Gasteiger partial charge in [0.1, 0.15) is 11.6 Å². The number of benzene rings is 2. The van der Waals surface area contributed by atoms with E-state index in [9.17, 15) is 9.18 Å². The van der Waals surface area contributed by atoms with Gasteiger partial charge < -0.3 is 4.74 Å². The van der Waals surface area contributed by atoms with Gasteiger partial charge in [0.25, 0.3) is 0 Å². The molecule has 3 heteroatoms. The van der Waals surface area contributed by atoms with E-state index in [-0.39, 0.29) is 23.4 Å². The van der Waals surface area contributed by atoms with Crippen LogP contribution in [0.4, 0.5) is 4.39 Å². The Morgan fingerprint density at radius 3 is 2.48 bits per heavy atom. The van der Waals surface area contributed by atoms with Crippen LogP contribution >= 0.6 is 0 Å². The number of Topliss-reactive ketones (excluding diaryl/α,β-unsaturated/α-hetero) is 1. The number of hydrogen-bond acceptors (Lipinski definition) is 2. The molecule has 0 saturated heterocycles. The molecule has 0 fully saturated rings. The van der Waals surface area contributed by atoms with Gasteiger partial charge >= 0.3 is 0 Å². The lowest BCUT2D eigenvalue weighted by Crippen LogP contribution is -2.14. The van der Waals surface area contributed by atoms with Crippen LogP contribution in [0.15, 0.2) is 48.5 Å². The SMILES string of the molecule is CC(C)(C)c1cccc(OCC(=O)c2ccccc2F)c1. The summed E-state index contributed by atoms with van der Waals surface area (Å²) < 4.78 is 19.0. The van der Waals surface area contributed by atoms with Gasteiger partial charge in [-0.3, -0.25) is 4.79 Å². The lowest BCUT2D eigenvalue weighted by atomic mass is 9.87. The highest BCUT2D eigenvalue weighted by molar-refractivity contribution is 5.97. The maximum absolute atomic E-state index is 13.5. The second kappa shape index (κ2) is 6.08. The Morgan fingerprint density at radius 2 is 1.81 bits per heavy atom. The van der Waals surface area contributed by atoms with Crippen LogP contribution in [0, 0.1) is 5.82 Å². The van der Waals surface area contributed by atoms with Crippen molar-refractivity contribution >= 4 is 5.78 Å². The molecule has 0 amide bonds. The molecule has 0 unspecified atom stereocenters. The molecule has 110 valence electrons. The second-order valence-electron chi connectivity index (χ2n) is 5.97. The predicted molar refractivity (Wildman–Crippen MR) is 81.4 cm³/mol. The first kappa shape index (κ1) is 15.2. The quantitative estimate of drug-likeness (QED) is 0.779. The maximum Gasteiger partial charge on any atom is 0.203 e. The van der Waals surface area contributed by atoms with Gasteiger partial charge in [-0.1, -0.05) is 45.0 Å². The van der Waals surface area contributed by atoms with Gasteiger partial charge in [0.2, 0.25) is 5.78 Å². The third-order valence-electron chi connectivity index (χ3n) is 3.24. The van der Waals surface area contributed by atoms with Crippen molar-refractivity contribution in [3.05, 3.63) is 65.5 Å². The molecule has 0 spiro atoms. The molecule has 0 heterocycles. The molecular formula is C18H19FO2. The molecule has 2 nitrogen and oxygen atoms in total. The Labute approximate surface area is 124 Å². The number of carbonyl (C=O) groups is 1. The van der Waals surface area contributed by atoms with Crippen molar-refractivity contribution in [2.24, 2.45) is 0 Å². The summed E-state index contributed by atoms with van der Waals surface area (Å²) in [5, 5.41) is 0. The van der Waals surface area contributed by atoms with Crippen molar-refractivity contribution in [3.63, 3.8) is 0 Å². The Balaban J connectivity index is 2.07. The molecule has 2 aromatic rings. The number of carbonyl (C=O) groups excluding carboxylic acids is 1. The van der Waals surface area contributed by atoms with E-state index in [1.807, 2.05) is 18.2 Å². The first-order valence-electron chi connectivity index (χ1n) is 6.89. The van der Waals surface area contributed by atoms with Crippen molar-refractivity contribution in [1.82, 2.24) is 0 Å². The third kappa shape index (κ3) is 3.91. The average Bonchev–Trinajstić information content (AvgIpc) is 2.45. The summed E-state index contributed by atoms with van der Waals surface area (Å²) in [4.78, 5) is 12.0. The van der Waals surface area contributed by atoms with Crippen molar-refractivity contribution in [2.45, 2.75) is 26.2 Å².